The Kier molecular flexibility index (Phi) is 6.21. The van der Waals surface area contributed by atoms with E-state index in [9.17, 15) is 9.59 Å². The summed E-state index contributed by atoms with van der Waals surface area (Å²) in [7, 11) is 0. The van der Waals surface area contributed by atoms with Gasteiger partial charge in [0.05, 0.1) is 0 Å². The maximum atomic E-state index is 12.2. The minimum atomic E-state index is -0.697. The van der Waals surface area contributed by atoms with Crippen molar-refractivity contribution in [2.75, 3.05) is 0 Å². The van der Waals surface area contributed by atoms with Crippen LogP contribution in [0.3, 0.4) is 0 Å². The van der Waals surface area contributed by atoms with Gasteiger partial charge in [0.25, 0.3) is 11.8 Å². The Balaban J connectivity index is 1.92. The molecule has 6 heteroatoms. The van der Waals surface area contributed by atoms with Crippen LogP contribution < -0.4 is 15.6 Å². The largest absolute Gasteiger partial charge is 0.481 e. The van der Waals surface area contributed by atoms with Crippen molar-refractivity contribution in [2.45, 2.75) is 26.4 Å². The lowest BCUT2D eigenvalue weighted by Gasteiger charge is -2.17. The van der Waals surface area contributed by atoms with E-state index in [1.165, 1.54) is 0 Å². The van der Waals surface area contributed by atoms with Crippen LogP contribution in [-0.4, -0.2) is 17.9 Å². The molecule has 0 aromatic heterocycles. The Hall–Kier alpha value is -2.53. The molecular formula is C18H19ClN2O3. The summed E-state index contributed by atoms with van der Waals surface area (Å²) < 4.78 is 5.68. The maximum absolute atomic E-state index is 12.2. The second-order valence-corrected chi connectivity index (χ2v) is 5.72. The molecule has 5 nitrogen and oxygen atoms in total. The quantitative estimate of drug-likeness (QED) is 0.816. The molecule has 126 valence electrons. The van der Waals surface area contributed by atoms with Gasteiger partial charge in [-0.15, -0.1) is 0 Å². The number of hydrazine groups is 1. The van der Waals surface area contributed by atoms with E-state index in [4.69, 9.17) is 16.3 Å². The van der Waals surface area contributed by atoms with Gasteiger partial charge in [0, 0.05) is 10.6 Å². The van der Waals surface area contributed by atoms with Gasteiger partial charge < -0.3 is 4.74 Å². The highest BCUT2D eigenvalue weighted by Crippen LogP contribution is 2.15. The van der Waals surface area contributed by atoms with Crippen molar-refractivity contribution in [3.63, 3.8) is 0 Å². The van der Waals surface area contributed by atoms with Crippen molar-refractivity contribution in [3.05, 3.63) is 64.7 Å². The normalized spacial score (nSPS) is 11.5. The molecule has 0 bridgehead atoms. The second-order valence-electron chi connectivity index (χ2n) is 5.28. The highest BCUT2D eigenvalue weighted by atomic mass is 35.5. The summed E-state index contributed by atoms with van der Waals surface area (Å²) in [5.41, 5.74) is 6.19. The number of carbonyl (C=O) groups excluding carboxylic acids is 2. The third-order valence-electron chi connectivity index (χ3n) is 3.34. The predicted molar refractivity (Wildman–Crippen MR) is 92.9 cm³/mol. The Morgan fingerprint density at radius 2 is 1.83 bits per heavy atom. The van der Waals surface area contributed by atoms with Crippen molar-refractivity contribution >= 4 is 23.4 Å². The first kappa shape index (κ1) is 17.8. The molecule has 0 aliphatic carbocycles. The molecule has 2 aromatic rings. The fourth-order valence-corrected chi connectivity index (χ4v) is 2.17. The highest BCUT2D eigenvalue weighted by Gasteiger charge is 2.19. The number of nitrogens with one attached hydrogen (secondary N) is 2. The van der Waals surface area contributed by atoms with Gasteiger partial charge in [-0.3, -0.25) is 20.4 Å². The van der Waals surface area contributed by atoms with Gasteiger partial charge in [-0.05, 0) is 55.3 Å². The number of benzene rings is 2. The van der Waals surface area contributed by atoms with E-state index >= 15 is 0 Å². The molecule has 0 aliphatic heterocycles. The minimum absolute atomic E-state index is 0.396. The fourth-order valence-electron chi connectivity index (χ4n) is 2.05. The zero-order valence-electron chi connectivity index (χ0n) is 13.5. The number of rotatable bonds is 5. The maximum Gasteiger partial charge on any atom is 0.279 e. The summed E-state index contributed by atoms with van der Waals surface area (Å²) in [6.45, 7) is 3.78. The van der Waals surface area contributed by atoms with Crippen LogP contribution in [0.25, 0.3) is 0 Å². The molecule has 1 unspecified atom stereocenters. The lowest BCUT2D eigenvalue weighted by atomic mass is 10.2. The van der Waals surface area contributed by atoms with Gasteiger partial charge in [0.2, 0.25) is 0 Å². The Morgan fingerprint density at radius 3 is 2.46 bits per heavy atom. The van der Waals surface area contributed by atoms with E-state index in [1.807, 2.05) is 32.0 Å². The Bertz CT molecular complexity index is 716. The summed E-state index contributed by atoms with van der Waals surface area (Å²) in [5, 5.41) is 0.535. The topological polar surface area (TPSA) is 67.4 Å². The molecule has 0 spiro atoms. The third kappa shape index (κ3) is 4.99. The van der Waals surface area contributed by atoms with E-state index < -0.39 is 17.9 Å². The molecular weight excluding hydrogens is 328 g/mol. The zero-order chi connectivity index (χ0) is 17.5. The molecule has 2 aromatic carbocycles. The van der Waals surface area contributed by atoms with Gasteiger partial charge in [-0.25, -0.2) is 0 Å². The molecule has 24 heavy (non-hydrogen) atoms. The Morgan fingerprint density at radius 1 is 1.12 bits per heavy atom. The van der Waals surface area contributed by atoms with Crippen molar-refractivity contribution in [2.24, 2.45) is 0 Å². The van der Waals surface area contributed by atoms with Crippen LogP contribution in [0.4, 0.5) is 0 Å². The standard InChI is InChI=1S/C18H19ClN2O3/c1-3-16(24-15-6-4-5-12(2)11-15)18(23)21-20-17(22)13-7-9-14(19)10-8-13/h4-11,16H,3H2,1-2H3,(H,20,22)(H,21,23). The predicted octanol–water partition coefficient (Wildman–Crippen LogP) is 3.27. The fraction of sp³-hybridized carbons (Fsp3) is 0.222. The average molecular weight is 347 g/mol. The van der Waals surface area contributed by atoms with E-state index in [1.54, 1.807) is 30.3 Å². The summed E-state index contributed by atoms with van der Waals surface area (Å²) in [6.07, 6.45) is -0.228. The molecule has 0 radical (unpaired) electrons. The van der Waals surface area contributed by atoms with Crippen LogP contribution in [0.1, 0.15) is 29.3 Å². The number of amides is 2. The van der Waals surface area contributed by atoms with E-state index in [2.05, 4.69) is 10.9 Å². The average Bonchev–Trinajstić information content (AvgIpc) is 2.58. The number of hydrogen-bond donors (Lipinski definition) is 2. The van der Waals surface area contributed by atoms with Crippen molar-refractivity contribution in [1.82, 2.24) is 10.9 Å². The van der Waals surface area contributed by atoms with Crippen LogP contribution in [0.5, 0.6) is 5.75 Å². The summed E-state index contributed by atoms with van der Waals surface area (Å²) in [5.74, 6) is -0.229. The third-order valence-corrected chi connectivity index (χ3v) is 3.59. The summed E-state index contributed by atoms with van der Waals surface area (Å²) in [4.78, 5) is 24.1. The van der Waals surface area contributed by atoms with Gasteiger partial charge in [0.15, 0.2) is 6.10 Å². The number of halogens is 1. The van der Waals surface area contributed by atoms with Gasteiger partial charge in [-0.2, -0.15) is 0 Å². The molecule has 0 saturated carbocycles. The molecule has 0 fully saturated rings. The number of hydrogen-bond acceptors (Lipinski definition) is 3. The monoisotopic (exact) mass is 346 g/mol. The van der Waals surface area contributed by atoms with Gasteiger partial charge in [-0.1, -0.05) is 30.7 Å². The van der Waals surface area contributed by atoms with Gasteiger partial charge >= 0.3 is 0 Å². The first-order chi connectivity index (χ1) is 11.5. The smallest absolute Gasteiger partial charge is 0.279 e. The van der Waals surface area contributed by atoms with Gasteiger partial charge in [0.1, 0.15) is 5.75 Å². The van der Waals surface area contributed by atoms with Crippen LogP contribution >= 0.6 is 11.6 Å². The molecule has 0 heterocycles. The summed E-state index contributed by atoms with van der Waals surface area (Å²) >= 11 is 5.77. The highest BCUT2D eigenvalue weighted by molar-refractivity contribution is 6.30. The first-order valence-electron chi connectivity index (χ1n) is 7.58. The molecule has 0 aliphatic rings. The molecule has 2 amide bonds. The van der Waals surface area contributed by atoms with E-state index in [0.29, 0.717) is 22.8 Å². The van der Waals surface area contributed by atoms with Crippen molar-refractivity contribution in [3.8, 4) is 5.75 Å². The van der Waals surface area contributed by atoms with Crippen LogP contribution in [0.15, 0.2) is 48.5 Å². The van der Waals surface area contributed by atoms with Crippen LogP contribution in [-0.2, 0) is 4.79 Å². The SMILES string of the molecule is CCC(Oc1cccc(C)c1)C(=O)NNC(=O)c1ccc(Cl)cc1. The van der Waals surface area contributed by atoms with Crippen molar-refractivity contribution < 1.29 is 14.3 Å². The number of carbonyl (C=O) groups is 2. The van der Waals surface area contributed by atoms with E-state index in [0.717, 1.165) is 5.56 Å². The van der Waals surface area contributed by atoms with Crippen molar-refractivity contribution in [1.29, 1.82) is 0 Å². The minimum Gasteiger partial charge on any atom is -0.481 e. The molecule has 2 N–H and O–H groups in total. The number of ether oxygens (including phenoxy) is 1. The lowest BCUT2D eigenvalue weighted by Crippen LogP contribution is -2.47. The first-order valence-corrected chi connectivity index (χ1v) is 7.96. The number of aryl methyl sites for hydroxylation is 1. The van der Waals surface area contributed by atoms with Crippen LogP contribution in [0, 0.1) is 6.92 Å². The van der Waals surface area contributed by atoms with E-state index in [-0.39, 0.29) is 0 Å². The summed E-state index contributed by atoms with van der Waals surface area (Å²) in [6, 6.07) is 13.8. The Labute approximate surface area is 145 Å². The second kappa shape index (κ2) is 8.36. The molecule has 2 rings (SSSR count). The molecule has 1 atom stereocenters. The molecule has 0 saturated heterocycles. The lowest BCUT2D eigenvalue weighted by molar-refractivity contribution is -0.128. The van der Waals surface area contributed by atoms with Crippen LogP contribution in [0.2, 0.25) is 5.02 Å². The zero-order valence-corrected chi connectivity index (χ0v) is 14.3.